The molecule has 8 nitrogen and oxygen atoms in total. The Hall–Kier alpha value is -4.59. The zero-order chi connectivity index (χ0) is 22.7. The Bertz CT molecular complexity index is 1240. The van der Waals surface area contributed by atoms with Crippen LogP contribution >= 0.6 is 0 Å². The van der Waals surface area contributed by atoms with E-state index in [4.69, 9.17) is 4.74 Å². The Labute approximate surface area is 182 Å². The standard InChI is InChI=1S/C24H17N3O5/c1-32-16-10-8-14(9-11-16)15-12-21(17-4-2-6-19(25-17)23(28)29)27-22(13-15)18-5-3-7-20(26-18)24(30)31/h2-13H,1H3,(H,28,29)(H,30,31). The van der Waals surface area contributed by atoms with Crippen molar-refractivity contribution in [3.8, 4) is 39.7 Å². The number of methoxy groups -OCH3 is 1. The van der Waals surface area contributed by atoms with Crippen LogP contribution < -0.4 is 4.74 Å². The van der Waals surface area contributed by atoms with Gasteiger partial charge < -0.3 is 14.9 Å². The molecule has 1 aromatic carbocycles. The minimum atomic E-state index is -1.14. The monoisotopic (exact) mass is 427 g/mol. The predicted octanol–water partition coefficient (Wildman–Crippen LogP) is 4.28. The molecule has 3 aromatic heterocycles. The number of carboxylic acid groups (broad SMARTS) is 2. The van der Waals surface area contributed by atoms with E-state index in [9.17, 15) is 19.8 Å². The first-order chi connectivity index (χ1) is 15.4. The summed E-state index contributed by atoms with van der Waals surface area (Å²) in [5, 5.41) is 18.6. The van der Waals surface area contributed by atoms with Crippen molar-refractivity contribution < 1.29 is 24.5 Å². The van der Waals surface area contributed by atoms with E-state index in [0.717, 1.165) is 11.1 Å². The summed E-state index contributed by atoms with van der Waals surface area (Å²) >= 11 is 0. The van der Waals surface area contributed by atoms with Crippen LogP contribution in [0.2, 0.25) is 0 Å². The Morgan fingerprint density at radius 3 is 1.59 bits per heavy atom. The van der Waals surface area contributed by atoms with E-state index in [1.807, 2.05) is 24.3 Å². The van der Waals surface area contributed by atoms with Crippen LogP contribution in [0, 0.1) is 0 Å². The van der Waals surface area contributed by atoms with Gasteiger partial charge in [-0.1, -0.05) is 24.3 Å². The minimum Gasteiger partial charge on any atom is -0.497 e. The normalized spacial score (nSPS) is 10.5. The highest BCUT2D eigenvalue weighted by Gasteiger charge is 2.14. The van der Waals surface area contributed by atoms with Crippen LogP contribution in [0.25, 0.3) is 33.9 Å². The molecule has 0 spiro atoms. The molecule has 0 saturated heterocycles. The largest absolute Gasteiger partial charge is 0.497 e. The molecule has 0 bridgehead atoms. The maximum Gasteiger partial charge on any atom is 0.354 e. The van der Waals surface area contributed by atoms with E-state index in [1.54, 1.807) is 43.5 Å². The third-order valence-electron chi connectivity index (χ3n) is 4.71. The molecule has 0 aliphatic heterocycles. The van der Waals surface area contributed by atoms with Gasteiger partial charge in [0.2, 0.25) is 0 Å². The molecule has 4 aromatic rings. The number of carboxylic acids is 2. The molecule has 4 rings (SSSR count). The lowest BCUT2D eigenvalue weighted by Crippen LogP contribution is -2.03. The van der Waals surface area contributed by atoms with Crippen LogP contribution in [0.4, 0.5) is 0 Å². The molecule has 0 fully saturated rings. The van der Waals surface area contributed by atoms with Gasteiger partial charge in [-0.2, -0.15) is 0 Å². The van der Waals surface area contributed by atoms with Gasteiger partial charge in [-0.3, -0.25) is 0 Å². The second kappa shape index (κ2) is 8.65. The number of ether oxygens (including phenoxy) is 1. The molecule has 0 unspecified atom stereocenters. The molecule has 2 N–H and O–H groups in total. The molecule has 8 heteroatoms. The molecule has 0 radical (unpaired) electrons. The molecule has 158 valence electrons. The second-order valence-electron chi connectivity index (χ2n) is 6.78. The lowest BCUT2D eigenvalue weighted by Gasteiger charge is -2.10. The number of pyridine rings is 3. The summed E-state index contributed by atoms with van der Waals surface area (Å²) in [6.45, 7) is 0. The number of carbonyl (C=O) groups is 2. The van der Waals surface area contributed by atoms with Crippen molar-refractivity contribution >= 4 is 11.9 Å². The lowest BCUT2D eigenvalue weighted by molar-refractivity contribution is 0.0680. The van der Waals surface area contributed by atoms with Crippen molar-refractivity contribution in [2.24, 2.45) is 0 Å². The highest BCUT2D eigenvalue weighted by Crippen LogP contribution is 2.30. The van der Waals surface area contributed by atoms with Crippen LogP contribution in [0.3, 0.4) is 0 Å². The zero-order valence-corrected chi connectivity index (χ0v) is 16.9. The maximum absolute atomic E-state index is 11.4. The van der Waals surface area contributed by atoms with Gasteiger partial charge in [-0.05, 0) is 59.7 Å². The summed E-state index contributed by atoms with van der Waals surface area (Å²) < 4.78 is 5.22. The van der Waals surface area contributed by atoms with E-state index < -0.39 is 11.9 Å². The zero-order valence-electron chi connectivity index (χ0n) is 16.9. The van der Waals surface area contributed by atoms with Gasteiger partial charge in [0.25, 0.3) is 0 Å². The molecule has 3 heterocycles. The summed E-state index contributed by atoms with van der Waals surface area (Å²) in [5.41, 5.74) is 3.03. The highest BCUT2D eigenvalue weighted by atomic mass is 16.5. The van der Waals surface area contributed by atoms with Gasteiger partial charge in [-0.15, -0.1) is 0 Å². The fourth-order valence-corrected chi connectivity index (χ4v) is 3.14. The average molecular weight is 427 g/mol. The van der Waals surface area contributed by atoms with Gasteiger partial charge in [0.15, 0.2) is 0 Å². The van der Waals surface area contributed by atoms with Crippen molar-refractivity contribution in [3.05, 3.63) is 84.2 Å². The summed E-state index contributed by atoms with van der Waals surface area (Å²) in [6.07, 6.45) is 0. The first-order valence-electron chi connectivity index (χ1n) is 9.52. The predicted molar refractivity (Wildman–Crippen MR) is 117 cm³/mol. The maximum atomic E-state index is 11.4. The fraction of sp³-hybridized carbons (Fsp3) is 0.0417. The van der Waals surface area contributed by atoms with E-state index in [0.29, 0.717) is 28.5 Å². The van der Waals surface area contributed by atoms with E-state index in [1.165, 1.54) is 12.1 Å². The Morgan fingerprint density at radius 2 is 1.16 bits per heavy atom. The van der Waals surface area contributed by atoms with Gasteiger partial charge in [0.05, 0.1) is 29.9 Å². The SMILES string of the molecule is COc1ccc(-c2cc(-c3cccc(C(=O)O)n3)nc(-c3cccc(C(=O)O)n3)c2)cc1. The van der Waals surface area contributed by atoms with Gasteiger partial charge in [0, 0.05) is 0 Å². The summed E-state index contributed by atoms with van der Waals surface area (Å²) in [7, 11) is 1.58. The molecule has 32 heavy (non-hydrogen) atoms. The van der Waals surface area contributed by atoms with Crippen molar-refractivity contribution in [1.29, 1.82) is 0 Å². The quantitative estimate of drug-likeness (QED) is 0.468. The summed E-state index contributed by atoms with van der Waals surface area (Å²) in [4.78, 5) is 35.7. The topological polar surface area (TPSA) is 122 Å². The number of nitrogens with zero attached hydrogens (tertiary/aromatic N) is 3. The third-order valence-corrected chi connectivity index (χ3v) is 4.71. The molecular weight excluding hydrogens is 410 g/mol. The van der Waals surface area contributed by atoms with Crippen LogP contribution in [0.15, 0.2) is 72.8 Å². The third kappa shape index (κ3) is 4.29. The summed E-state index contributed by atoms with van der Waals surface area (Å²) in [5.74, 6) is -1.58. The Balaban J connectivity index is 1.90. The molecule has 0 aliphatic rings. The molecule has 0 atom stereocenters. The van der Waals surface area contributed by atoms with Crippen molar-refractivity contribution in [2.75, 3.05) is 7.11 Å². The van der Waals surface area contributed by atoms with Crippen molar-refractivity contribution in [3.63, 3.8) is 0 Å². The Kier molecular flexibility index (Phi) is 5.59. The second-order valence-corrected chi connectivity index (χ2v) is 6.78. The van der Waals surface area contributed by atoms with Crippen LogP contribution in [-0.2, 0) is 0 Å². The van der Waals surface area contributed by atoms with Gasteiger partial charge in [-0.25, -0.2) is 24.5 Å². The minimum absolute atomic E-state index is 0.105. The molecular formula is C24H17N3O5. The van der Waals surface area contributed by atoms with Crippen LogP contribution in [-0.4, -0.2) is 44.2 Å². The summed E-state index contributed by atoms with van der Waals surface area (Å²) in [6, 6.07) is 20.3. The molecule has 0 aliphatic carbocycles. The van der Waals surface area contributed by atoms with Crippen molar-refractivity contribution in [1.82, 2.24) is 15.0 Å². The first kappa shape index (κ1) is 20.7. The van der Waals surface area contributed by atoms with Gasteiger partial charge in [0.1, 0.15) is 17.1 Å². The number of aromatic nitrogens is 3. The first-order valence-corrected chi connectivity index (χ1v) is 9.52. The molecule has 0 amide bonds. The van der Waals surface area contributed by atoms with Crippen molar-refractivity contribution in [2.45, 2.75) is 0 Å². The molecule has 0 saturated carbocycles. The number of rotatable bonds is 6. The lowest BCUT2D eigenvalue weighted by atomic mass is 10.0. The van der Waals surface area contributed by atoms with E-state index >= 15 is 0 Å². The number of benzene rings is 1. The van der Waals surface area contributed by atoms with E-state index in [2.05, 4.69) is 15.0 Å². The number of hydrogen-bond donors (Lipinski definition) is 2. The highest BCUT2D eigenvalue weighted by molar-refractivity contribution is 5.87. The fourth-order valence-electron chi connectivity index (χ4n) is 3.14. The van der Waals surface area contributed by atoms with Crippen LogP contribution in [0.5, 0.6) is 5.75 Å². The van der Waals surface area contributed by atoms with Gasteiger partial charge >= 0.3 is 11.9 Å². The number of aromatic carboxylic acids is 2. The number of hydrogen-bond acceptors (Lipinski definition) is 6. The smallest absolute Gasteiger partial charge is 0.354 e. The van der Waals surface area contributed by atoms with E-state index in [-0.39, 0.29) is 11.4 Å². The Morgan fingerprint density at radius 1 is 0.656 bits per heavy atom. The average Bonchev–Trinajstić information content (AvgIpc) is 2.84. The van der Waals surface area contributed by atoms with Crippen LogP contribution in [0.1, 0.15) is 21.0 Å².